The Morgan fingerprint density at radius 1 is 0.786 bits per heavy atom. The molecule has 0 fully saturated rings. The molecule has 4 heteroatoms. The van der Waals surface area contributed by atoms with E-state index in [2.05, 4.69) is 4.98 Å². The van der Waals surface area contributed by atoms with Crippen LogP contribution in [0, 0.1) is 0 Å². The molecule has 0 aliphatic rings. The maximum Gasteiger partial charge on any atom is 0.336 e. The van der Waals surface area contributed by atoms with Crippen molar-refractivity contribution in [2.45, 2.75) is 6.92 Å². The van der Waals surface area contributed by atoms with Crippen LogP contribution < -0.4 is 0 Å². The molecule has 136 valence electrons. The first-order valence-electron chi connectivity index (χ1n) is 8.88. The zero-order chi connectivity index (χ0) is 19.7. The van der Waals surface area contributed by atoms with Gasteiger partial charge in [0.15, 0.2) is 5.78 Å². The Kier molecular flexibility index (Phi) is 4.45. The number of ketones is 1. The van der Waals surface area contributed by atoms with Crippen LogP contribution in [0.4, 0.5) is 0 Å². The van der Waals surface area contributed by atoms with E-state index in [1.54, 1.807) is 18.2 Å². The first-order valence-corrected chi connectivity index (χ1v) is 8.88. The zero-order valence-electron chi connectivity index (χ0n) is 15.2. The lowest BCUT2D eigenvalue weighted by atomic mass is 9.98. The summed E-state index contributed by atoms with van der Waals surface area (Å²) in [5, 5.41) is 10.3. The standard InChI is InChI=1S/C24H17NO3/c1-15(26)16-7-9-17(10-8-16)19-11-12-22-20(13-19)21(24(27)28)14-23(25-22)18-5-3-2-4-6-18/h2-14H,1H3,(H,27,28). The lowest BCUT2D eigenvalue weighted by Gasteiger charge is -2.10. The topological polar surface area (TPSA) is 67.3 Å². The Hall–Kier alpha value is -3.79. The Bertz CT molecular complexity index is 1200. The van der Waals surface area contributed by atoms with Gasteiger partial charge in [-0.3, -0.25) is 4.79 Å². The molecule has 0 saturated heterocycles. The highest BCUT2D eigenvalue weighted by atomic mass is 16.4. The fraction of sp³-hybridized carbons (Fsp3) is 0.0417. The molecule has 4 aromatic rings. The largest absolute Gasteiger partial charge is 0.478 e. The van der Waals surface area contributed by atoms with E-state index in [0.717, 1.165) is 16.7 Å². The van der Waals surface area contributed by atoms with Crippen LogP contribution in [0.3, 0.4) is 0 Å². The van der Waals surface area contributed by atoms with Gasteiger partial charge in [0.1, 0.15) is 0 Å². The molecule has 0 saturated carbocycles. The first kappa shape index (κ1) is 17.6. The Morgan fingerprint density at radius 3 is 2.11 bits per heavy atom. The summed E-state index contributed by atoms with van der Waals surface area (Å²) in [4.78, 5) is 28.0. The number of Topliss-reactive ketones (excluding diaryl/α,β-unsaturated/α-hetero) is 1. The van der Waals surface area contributed by atoms with E-state index in [1.165, 1.54) is 6.92 Å². The lowest BCUT2D eigenvalue weighted by molar-refractivity contribution is 0.0698. The minimum absolute atomic E-state index is 0.0101. The summed E-state index contributed by atoms with van der Waals surface area (Å²) in [6.07, 6.45) is 0. The molecule has 0 unspecified atom stereocenters. The number of pyridine rings is 1. The van der Waals surface area contributed by atoms with Gasteiger partial charge in [0.05, 0.1) is 16.8 Å². The number of hydrogen-bond acceptors (Lipinski definition) is 3. The van der Waals surface area contributed by atoms with Gasteiger partial charge in [0, 0.05) is 16.5 Å². The predicted octanol–water partition coefficient (Wildman–Crippen LogP) is 5.47. The zero-order valence-corrected chi connectivity index (χ0v) is 15.2. The van der Waals surface area contributed by atoms with Gasteiger partial charge in [-0.1, -0.05) is 60.7 Å². The Labute approximate surface area is 162 Å². The number of rotatable bonds is 4. The average Bonchev–Trinajstić information content (AvgIpc) is 2.73. The van der Waals surface area contributed by atoms with Crippen molar-refractivity contribution in [2.24, 2.45) is 0 Å². The SMILES string of the molecule is CC(=O)c1ccc(-c2ccc3nc(-c4ccccc4)cc(C(=O)O)c3c2)cc1. The molecular weight excluding hydrogens is 350 g/mol. The third kappa shape index (κ3) is 3.28. The Balaban J connectivity index is 1.86. The van der Waals surface area contributed by atoms with Gasteiger partial charge in [-0.15, -0.1) is 0 Å². The van der Waals surface area contributed by atoms with Crippen LogP contribution >= 0.6 is 0 Å². The number of aromatic nitrogens is 1. The molecule has 0 aliphatic carbocycles. The molecule has 0 aliphatic heterocycles. The molecule has 4 rings (SSSR count). The van der Waals surface area contributed by atoms with Gasteiger partial charge in [-0.05, 0) is 36.2 Å². The van der Waals surface area contributed by atoms with Crippen LogP contribution in [0.1, 0.15) is 27.6 Å². The van der Waals surface area contributed by atoms with E-state index < -0.39 is 5.97 Å². The van der Waals surface area contributed by atoms with E-state index in [9.17, 15) is 14.7 Å². The van der Waals surface area contributed by atoms with E-state index in [0.29, 0.717) is 22.2 Å². The summed E-state index contributed by atoms with van der Waals surface area (Å²) in [6.45, 7) is 1.53. The minimum atomic E-state index is -0.992. The lowest BCUT2D eigenvalue weighted by Crippen LogP contribution is -2.00. The number of fused-ring (bicyclic) bond motifs is 1. The normalized spacial score (nSPS) is 10.8. The number of benzene rings is 3. The van der Waals surface area contributed by atoms with Crippen LogP contribution in [0.25, 0.3) is 33.3 Å². The molecule has 0 radical (unpaired) electrons. The number of carboxylic acid groups (broad SMARTS) is 1. The van der Waals surface area contributed by atoms with Crippen molar-refractivity contribution < 1.29 is 14.7 Å². The van der Waals surface area contributed by atoms with Crippen molar-refractivity contribution in [2.75, 3.05) is 0 Å². The van der Waals surface area contributed by atoms with Crippen LogP contribution in [0.5, 0.6) is 0 Å². The van der Waals surface area contributed by atoms with Crippen molar-refractivity contribution in [1.82, 2.24) is 4.98 Å². The second kappa shape index (κ2) is 7.08. The molecule has 0 spiro atoms. The fourth-order valence-electron chi connectivity index (χ4n) is 3.24. The number of hydrogen-bond donors (Lipinski definition) is 1. The average molecular weight is 367 g/mol. The van der Waals surface area contributed by atoms with Crippen LogP contribution in [-0.4, -0.2) is 21.8 Å². The van der Waals surface area contributed by atoms with Gasteiger partial charge >= 0.3 is 5.97 Å². The molecule has 0 amide bonds. The molecule has 0 atom stereocenters. The number of carbonyl (C=O) groups is 2. The van der Waals surface area contributed by atoms with Gasteiger partial charge in [-0.2, -0.15) is 0 Å². The first-order chi connectivity index (χ1) is 13.5. The number of aromatic carboxylic acids is 1. The third-order valence-electron chi connectivity index (χ3n) is 4.73. The molecule has 0 bridgehead atoms. The second-order valence-electron chi connectivity index (χ2n) is 6.59. The maximum atomic E-state index is 11.9. The molecular formula is C24H17NO3. The van der Waals surface area contributed by atoms with E-state index in [1.807, 2.05) is 60.7 Å². The van der Waals surface area contributed by atoms with Crippen LogP contribution in [0.15, 0.2) is 78.9 Å². The highest BCUT2D eigenvalue weighted by molar-refractivity contribution is 6.05. The summed E-state index contributed by atoms with van der Waals surface area (Å²) in [5.74, 6) is -0.982. The van der Waals surface area contributed by atoms with Crippen molar-refractivity contribution in [3.05, 3.63) is 90.0 Å². The summed E-state index contributed by atoms with van der Waals surface area (Å²) in [7, 11) is 0. The van der Waals surface area contributed by atoms with Crippen molar-refractivity contribution in [3.63, 3.8) is 0 Å². The smallest absolute Gasteiger partial charge is 0.336 e. The summed E-state index contributed by atoms with van der Waals surface area (Å²) >= 11 is 0. The Morgan fingerprint density at radius 2 is 1.46 bits per heavy atom. The van der Waals surface area contributed by atoms with Crippen LogP contribution in [0.2, 0.25) is 0 Å². The van der Waals surface area contributed by atoms with Crippen molar-refractivity contribution in [1.29, 1.82) is 0 Å². The molecule has 4 nitrogen and oxygen atoms in total. The van der Waals surface area contributed by atoms with Crippen molar-refractivity contribution >= 4 is 22.7 Å². The molecule has 28 heavy (non-hydrogen) atoms. The van der Waals surface area contributed by atoms with Gasteiger partial charge in [0.2, 0.25) is 0 Å². The van der Waals surface area contributed by atoms with E-state index >= 15 is 0 Å². The maximum absolute atomic E-state index is 11.9. The van der Waals surface area contributed by atoms with E-state index in [4.69, 9.17) is 0 Å². The summed E-state index contributed by atoms with van der Waals surface area (Å²) in [6, 6.07) is 24.0. The number of carboxylic acids is 1. The quantitative estimate of drug-likeness (QED) is 0.486. The highest BCUT2D eigenvalue weighted by Gasteiger charge is 2.14. The summed E-state index contributed by atoms with van der Waals surface area (Å²) in [5.41, 5.74) is 4.77. The highest BCUT2D eigenvalue weighted by Crippen LogP contribution is 2.29. The van der Waals surface area contributed by atoms with Crippen LogP contribution in [-0.2, 0) is 0 Å². The third-order valence-corrected chi connectivity index (χ3v) is 4.73. The number of carbonyl (C=O) groups excluding carboxylic acids is 1. The fourth-order valence-corrected chi connectivity index (χ4v) is 3.24. The molecule has 1 heterocycles. The van der Waals surface area contributed by atoms with Gasteiger partial charge in [0.25, 0.3) is 0 Å². The molecule has 1 N–H and O–H groups in total. The number of nitrogens with zero attached hydrogens (tertiary/aromatic N) is 1. The van der Waals surface area contributed by atoms with Gasteiger partial charge < -0.3 is 5.11 Å². The molecule has 3 aromatic carbocycles. The summed E-state index contributed by atoms with van der Waals surface area (Å²) < 4.78 is 0. The van der Waals surface area contributed by atoms with Crippen molar-refractivity contribution in [3.8, 4) is 22.4 Å². The monoisotopic (exact) mass is 367 g/mol. The molecule has 1 aromatic heterocycles. The minimum Gasteiger partial charge on any atom is -0.478 e. The second-order valence-corrected chi connectivity index (χ2v) is 6.59. The van der Waals surface area contributed by atoms with Gasteiger partial charge in [-0.25, -0.2) is 9.78 Å². The predicted molar refractivity (Wildman–Crippen MR) is 110 cm³/mol. The van der Waals surface area contributed by atoms with E-state index in [-0.39, 0.29) is 11.3 Å².